The fourth-order valence-electron chi connectivity index (χ4n) is 1.12. The Morgan fingerprint density at radius 3 is 2.54 bits per heavy atom. The molecule has 1 unspecified atom stereocenters. The number of alkyl halides is 1. The number of benzene rings is 1. The van der Waals surface area contributed by atoms with Gasteiger partial charge in [0.25, 0.3) is 0 Å². The summed E-state index contributed by atoms with van der Waals surface area (Å²) in [6, 6.07) is 8.79. The lowest BCUT2D eigenvalue weighted by Gasteiger charge is -2.05. The highest BCUT2D eigenvalue weighted by molar-refractivity contribution is 5.78. The van der Waals surface area contributed by atoms with Crippen molar-refractivity contribution in [3.8, 4) is 0 Å². The van der Waals surface area contributed by atoms with Gasteiger partial charge < -0.3 is 0 Å². The van der Waals surface area contributed by atoms with Crippen molar-refractivity contribution < 1.29 is 9.18 Å². The van der Waals surface area contributed by atoms with Crippen molar-refractivity contribution in [2.24, 2.45) is 0 Å². The number of rotatable bonds is 4. The number of Topliss-reactive ketones (excluding diaryl/α,β-unsaturated/α-hetero) is 1. The zero-order valence-corrected chi connectivity index (χ0v) is 7.66. The Labute approximate surface area is 77.6 Å². The van der Waals surface area contributed by atoms with Gasteiger partial charge >= 0.3 is 0 Å². The molecule has 0 bridgehead atoms. The van der Waals surface area contributed by atoms with E-state index < -0.39 is 6.17 Å². The van der Waals surface area contributed by atoms with Crippen LogP contribution in [-0.4, -0.2) is 5.78 Å². The molecule has 13 heavy (non-hydrogen) atoms. The van der Waals surface area contributed by atoms with Gasteiger partial charge in [-0.15, -0.1) is 0 Å². The van der Waals surface area contributed by atoms with Crippen molar-refractivity contribution in [3.63, 3.8) is 0 Å². The van der Waals surface area contributed by atoms with E-state index in [1.165, 1.54) is 0 Å². The van der Waals surface area contributed by atoms with Crippen molar-refractivity contribution in [2.45, 2.75) is 25.9 Å². The molecule has 1 aromatic rings. The van der Waals surface area contributed by atoms with Crippen LogP contribution in [0.2, 0.25) is 0 Å². The summed E-state index contributed by atoms with van der Waals surface area (Å²) in [6.07, 6.45) is -0.734. The fourth-order valence-corrected chi connectivity index (χ4v) is 1.12. The van der Waals surface area contributed by atoms with Crippen LogP contribution in [0.15, 0.2) is 30.3 Å². The van der Waals surface area contributed by atoms with Gasteiger partial charge in [0.2, 0.25) is 0 Å². The molecule has 1 aromatic carbocycles. The molecular formula is C11H13FO. The van der Waals surface area contributed by atoms with Crippen LogP contribution in [0.1, 0.15) is 31.5 Å². The van der Waals surface area contributed by atoms with E-state index in [1.54, 1.807) is 31.2 Å². The Kier molecular flexibility index (Phi) is 3.62. The predicted molar refractivity (Wildman–Crippen MR) is 50.2 cm³/mol. The summed E-state index contributed by atoms with van der Waals surface area (Å²) in [5, 5.41) is 0. The molecular weight excluding hydrogens is 167 g/mol. The molecule has 2 heteroatoms. The quantitative estimate of drug-likeness (QED) is 0.696. The summed E-state index contributed by atoms with van der Waals surface area (Å²) < 4.78 is 13.4. The van der Waals surface area contributed by atoms with E-state index in [1.807, 2.05) is 6.07 Å². The lowest BCUT2D eigenvalue weighted by molar-refractivity contribution is -0.119. The Morgan fingerprint density at radius 1 is 1.38 bits per heavy atom. The second-order valence-electron chi connectivity index (χ2n) is 2.97. The molecule has 0 N–H and O–H groups in total. The van der Waals surface area contributed by atoms with E-state index in [0.29, 0.717) is 12.0 Å². The van der Waals surface area contributed by atoms with Gasteiger partial charge in [-0.3, -0.25) is 4.79 Å². The summed E-state index contributed by atoms with van der Waals surface area (Å²) in [5.41, 5.74) is 0.587. The topological polar surface area (TPSA) is 17.1 Å². The minimum atomic E-state index is -1.14. The van der Waals surface area contributed by atoms with E-state index in [4.69, 9.17) is 0 Å². The third kappa shape index (κ3) is 2.98. The van der Waals surface area contributed by atoms with E-state index in [9.17, 15) is 9.18 Å². The molecule has 0 spiro atoms. The summed E-state index contributed by atoms with van der Waals surface area (Å²) >= 11 is 0. The van der Waals surface area contributed by atoms with Crippen molar-refractivity contribution >= 4 is 5.78 Å². The van der Waals surface area contributed by atoms with Crippen molar-refractivity contribution in [1.82, 2.24) is 0 Å². The molecule has 1 atom stereocenters. The SMILES string of the molecule is CCC(=O)CC(F)c1ccccc1. The molecule has 0 aromatic heterocycles. The molecule has 0 aliphatic rings. The van der Waals surface area contributed by atoms with Crippen molar-refractivity contribution in [1.29, 1.82) is 0 Å². The first-order valence-electron chi connectivity index (χ1n) is 4.44. The highest BCUT2D eigenvalue weighted by Crippen LogP contribution is 2.21. The first kappa shape index (κ1) is 9.90. The van der Waals surface area contributed by atoms with Crippen LogP contribution in [-0.2, 0) is 4.79 Å². The maximum atomic E-state index is 13.4. The molecule has 1 rings (SSSR count). The summed E-state index contributed by atoms with van der Waals surface area (Å²) in [6.45, 7) is 1.75. The van der Waals surface area contributed by atoms with E-state index in [0.717, 1.165) is 0 Å². The number of halogens is 1. The van der Waals surface area contributed by atoms with Crippen molar-refractivity contribution in [3.05, 3.63) is 35.9 Å². The number of ketones is 1. The van der Waals surface area contributed by atoms with E-state index >= 15 is 0 Å². The number of hydrogen-bond donors (Lipinski definition) is 0. The molecule has 0 radical (unpaired) electrons. The van der Waals surface area contributed by atoms with E-state index in [2.05, 4.69) is 0 Å². The summed E-state index contributed by atoms with van der Waals surface area (Å²) in [5.74, 6) is -0.0312. The average molecular weight is 180 g/mol. The Balaban J connectivity index is 2.59. The van der Waals surface area contributed by atoms with Gasteiger partial charge in [0, 0.05) is 12.8 Å². The smallest absolute Gasteiger partial charge is 0.135 e. The van der Waals surface area contributed by atoms with Gasteiger partial charge in [0.05, 0.1) is 0 Å². The number of carbonyl (C=O) groups is 1. The van der Waals surface area contributed by atoms with Gasteiger partial charge in [-0.2, -0.15) is 0 Å². The van der Waals surface area contributed by atoms with Gasteiger partial charge in [0.15, 0.2) is 0 Å². The molecule has 0 aliphatic carbocycles. The zero-order chi connectivity index (χ0) is 9.68. The maximum Gasteiger partial charge on any atom is 0.135 e. The largest absolute Gasteiger partial charge is 0.300 e. The van der Waals surface area contributed by atoms with Crippen LogP contribution in [0.3, 0.4) is 0 Å². The highest BCUT2D eigenvalue weighted by Gasteiger charge is 2.12. The molecule has 70 valence electrons. The van der Waals surface area contributed by atoms with Gasteiger partial charge in [0.1, 0.15) is 12.0 Å². The second kappa shape index (κ2) is 4.75. The predicted octanol–water partition coefficient (Wildman–Crippen LogP) is 3.07. The fraction of sp³-hybridized carbons (Fsp3) is 0.364. The van der Waals surface area contributed by atoms with Crippen LogP contribution in [0, 0.1) is 0 Å². The Bertz CT molecular complexity index is 269. The van der Waals surface area contributed by atoms with Gasteiger partial charge in [-0.25, -0.2) is 4.39 Å². The summed E-state index contributed by atoms with van der Waals surface area (Å²) in [7, 11) is 0. The second-order valence-corrected chi connectivity index (χ2v) is 2.97. The first-order chi connectivity index (χ1) is 6.24. The van der Waals surface area contributed by atoms with E-state index in [-0.39, 0.29) is 12.2 Å². The molecule has 0 saturated carbocycles. The highest BCUT2D eigenvalue weighted by atomic mass is 19.1. The van der Waals surface area contributed by atoms with Crippen LogP contribution < -0.4 is 0 Å². The monoisotopic (exact) mass is 180 g/mol. The zero-order valence-electron chi connectivity index (χ0n) is 7.66. The normalized spacial score (nSPS) is 12.5. The Hall–Kier alpha value is -1.18. The molecule has 0 saturated heterocycles. The first-order valence-corrected chi connectivity index (χ1v) is 4.44. The average Bonchev–Trinajstić information content (AvgIpc) is 2.19. The maximum absolute atomic E-state index is 13.4. The summed E-state index contributed by atoms with van der Waals surface area (Å²) in [4.78, 5) is 11.0. The third-order valence-electron chi connectivity index (χ3n) is 1.96. The molecule has 0 aliphatic heterocycles. The standard InChI is InChI=1S/C11H13FO/c1-2-10(13)8-11(12)9-6-4-3-5-7-9/h3-7,11H,2,8H2,1H3. The van der Waals surface area contributed by atoms with Crippen LogP contribution in [0.4, 0.5) is 4.39 Å². The lowest BCUT2D eigenvalue weighted by Crippen LogP contribution is -2.01. The number of hydrogen-bond acceptors (Lipinski definition) is 1. The van der Waals surface area contributed by atoms with Crippen LogP contribution in [0.25, 0.3) is 0 Å². The lowest BCUT2D eigenvalue weighted by atomic mass is 10.0. The minimum Gasteiger partial charge on any atom is -0.300 e. The molecule has 0 fully saturated rings. The number of carbonyl (C=O) groups excluding carboxylic acids is 1. The van der Waals surface area contributed by atoms with Crippen LogP contribution in [0.5, 0.6) is 0 Å². The minimum absolute atomic E-state index is 0.000509. The van der Waals surface area contributed by atoms with Gasteiger partial charge in [-0.1, -0.05) is 37.3 Å². The van der Waals surface area contributed by atoms with Crippen LogP contribution >= 0.6 is 0 Å². The van der Waals surface area contributed by atoms with Crippen molar-refractivity contribution in [2.75, 3.05) is 0 Å². The third-order valence-corrected chi connectivity index (χ3v) is 1.96. The Morgan fingerprint density at radius 2 is 2.00 bits per heavy atom. The molecule has 0 heterocycles. The van der Waals surface area contributed by atoms with Gasteiger partial charge in [-0.05, 0) is 5.56 Å². The molecule has 1 nitrogen and oxygen atoms in total. The molecule has 0 amide bonds.